The van der Waals surface area contributed by atoms with Crippen LogP contribution in [0.2, 0.25) is 0 Å². The van der Waals surface area contributed by atoms with Gasteiger partial charge in [-0.3, -0.25) is 4.79 Å². The Bertz CT molecular complexity index is 458. The van der Waals surface area contributed by atoms with Crippen molar-refractivity contribution in [2.75, 3.05) is 30.3 Å². The number of nitrogens with zero attached hydrogens (tertiary/aromatic N) is 4. The molecule has 0 aliphatic carbocycles. The van der Waals surface area contributed by atoms with Gasteiger partial charge in [-0.1, -0.05) is 23.9 Å². The molecule has 1 aromatic heterocycles. The van der Waals surface area contributed by atoms with Crippen LogP contribution >= 0.6 is 11.8 Å². The molecule has 0 atom stereocenters. The predicted octanol–water partition coefficient (Wildman–Crippen LogP) is 0.553. The monoisotopic (exact) mass is 282 g/mol. The lowest BCUT2D eigenvalue weighted by molar-refractivity contribution is -0.127. The summed E-state index contributed by atoms with van der Waals surface area (Å²) >= 11 is 1.18. The summed E-state index contributed by atoms with van der Waals surface area (Å²) in [6.45, 7) is 8.79. The van der Waals surface area contributed by atoms with E-state index in [2.05, 4.69) is 21.5 Å². The number of carbonyl (C=O) groups is 1. The van der Waals surface area contributed by atoms with Crippen LogP contribution in [0, 0.1) is 0 Å². The Kier molecular flexibility index (Phi) is 5.56. The van der Waals surface area contributed by atoms with Crippen LogP contribution in [0.1, 0.15) is 13.8 Å². The lowest BCUT2D eigenvalue weighted by Crippen LogP contribution is -2.33. The van der Waals surface area contributed by atoms with Crippen LogP contribution < -0.4 is 11.5 Å². The largest absolute Gasteiger partial charge is 0.368 e. The molecule has 0 unspecified atom stereocenters. The molecule has 8 heteroatoms. The van der Waals surface area contributed by atoms with Crippen LogP contribution in [0.4, 0.5) is 11.9 Å². The molecule has 1 heterocycles. The summed E-state index contributed by atoms with van der Waals surface area (Å²) in [6.07, 6.45) is 0. The second kappa shape index (κ2) is 6.93. The lowest BCUT2D eigenvalue weighted by Gasteiger charge is -2.20. The average molecular weight is 282 g/mol. The zero-order valence-electron chi connectivity index (χ0n) is 11.1. The molecule has 0 radical (unpaired) electrons. The second-order valence-electron chi connectivity index (χ2n) is 3.99. The second-order valence-corrected chi connectivity index (χ2v) is 4.93. The fourth-order valence-electron chi connectivity index (χ4n) is 1.37. The molecule has 0 aliphatic rings. The molecule has 0 fully saturated rings. The normalized spacial score (nSPS) is 10.2. The van der Waals surface area contributed by atoms with Gasteiger partial charge >= 0.3 is 0 Å². The van der Waals surface area contributed by atoms with E-state index in [1.165, 1.54) is 11.8 Å². The fourth-order valence-corrected chi connectivity index (χ4v) is 2.12. The summed E-state index contributed by atoms with van der Waals surface area (Å²) < 4.78 is 0. The van der Waals surface area contributed by atoms with E-state index in [-0.39, 0.29) is 23.6 Å². The topological polar surface area (TPSA) is 111 Å². The van der Waals surface area contributed by atoms with Crippen molar-refractivity contribution in [3.63, 3.8) is 0 Å². The lowest BCUT2D eigenvalue weighted by atomic mass is 10.3. The number of nitrogens with two attached hydrogens (primary N) is 2. The van der Waals surface area contributed by atoms with Crippen molar-refractivity contribution in [3.8, 4) is 0 Å². The number of carbonyl (C=O) groups excluding carboxylic acids is 1. The van der Waals surface area contributed by atoms with Crippen molar-refractivity contribution in [2.45, 2.75) is 19.0 Å². The number of amides is 1. The van der Waals surface area contributed by atoms with Gasteiger partial charge in [-0.25, -0.2) is 0 Å². The summed E-state index contributed by atoms with van der Waals surface area (Å²) in [4.78, 5) is 25.2. The Morgan fingerprint density at radius 2 is 1.89 bits per heavy atom. The van der Waals surface area contributed by atoms with Gasteiger partial charge in [0.2, 0.25) is 17.8 Å². The molecule has 0 aliphatic heterocycles. The van der Waals surface area contributed by atoms with Crippen LogP contribution in [0.25, 0.3) is 0 Å². The number of thioether (sulfide) groups is 1. The number of rotatable bonds is 6. The summed E-state index contributed by atoms with van der Waals surface area (Å²) in [7, 11) is 0. The van der Waals surface area contributed by atoms with Gasteiger partial charge < -0.3 is 16.4 Å². The van der Waals surface area contributed by atoms with E-state index in [0.717, 1.165) is 5.57 Å². The zero-order valence-corrected chi connectivity index (χ0v) is 11.9. The van der Waals surface area contributed by atoms with Crippen molar-refractivity contribution in [2.24, 2.45) is 0 Å². The van der Waals surface area contributed by atoms with Crippen LogP contribution in [-0.4, -0.2) is 44.6 Å². The number of nitrogen functional groups attached to an aromatic ring is 2. The van der Waals surface area contributed by atoms with Crippen LogP contribution in [0.15, 0.2) is 17.3 Å². The van der Waals surface area contributed by atoms with Gasteiger partial charge in [0.1, 0.15) is 0 Å². The van der Waals surface area contributed by atoms with E-state index in [1.54, 1.807) is 4.90 Å². The van der Waals surface area contributed by atoms with Crippen molar-refractivity contribution in [3.05, 3.63) is 12.2 Å². The standard InChI is InChI=1S/C11H18N6OS/c1-4-17(5-7(2)3)8(18)6-19-11-15-9(12)14-10(13)16-11/h2,4-6H2,1,3H3,(H4,12,13,14,15,16). The van der Waals surface area contributed by atoms with Crippen molar-refractivity contribution in [1.29, 1.82) is 0 Å². The Morgan fingerprint density at radius 1 is 1.32 bits per heavy atom. The van der Waals surface area contributed by atoms with E-state index in [9.17, 15) is 4.79 Å². The summed E-state index contributed by atoms with van der Waals surface area (Å²) in [5.74, 6) is 0.325. The molecular formula is C11H18N6OS. The molecule has 104 valence electrons. The number of aromatic nitrogens is 3. The van der Waals surface area contributed by atoms with Gasteiger partial charge in [-0.05, 0) is 13.8 Å². The molecule has 0 spiro atoms. The first kappa shape index (κ1) is 15.2. The maximum atomic E-state index is 12.0. The molecule has 1 aromatic rings. The third-order valence-corrected chi connectivity index (χ3v) is 3.00. The molecular weight excluding hydrogens is 264 g/mol. The molecule has 1 rings (SSSR count). The highest BCUT2D eigenvalue weighted by atomic mass is 32.2. The van der Waals surface area contributed by atoms with Crippen molar-refractivity contribution < 1.29 is 4.79 Å². The van der Waals surface area contributed by atoms with E-state index in [0.29, 0.717) is 18.2 Å². The Hall–Kier alpha value is -1.83. The minimum Gasteiger partial charge on any atom is -0.368 e. The molecule has 7 nitrogen and oxygen atoms in total. The molecule has 19 heavy (non-hydrogen) atoms. The van der Waals surface area contributed by atoms with E-state index < -0.39 is 0 Å². The quantitative estimate of drug-likeness (QED) is 0.579. The van der Waals surface area contributed by atoms with Crippen LogP contribution in [-0.2, 0) is 4.79 Å². The first-order valence-electron chi connectivity index (χ1n) is 5.74. The highest BCUT2D eigenvalue weighted by molar-refractivity contribution is 7.99. The highest BCUT2D eigenvalue weighted by Gasteiger charge is 2.13. The molecule has 0 saturated carbocycles. The molecule has 4 N–H and O–H groups in total. The van der Waals surface area contributed by atoms with Crippen LogP contribution in [0.5, 0.6) is 0 Å². The number of anilines is 2. The van der Waals surface area contributed by atoms with Gasteiger partial charge in [0.15, 0.2) is 5.16 Å². The first-order chi connectivity index (χ1) is 8.92. The maximum absolute atomic E-state index is 12.0. The van der Waals surface area contributed by atoms with E-state index in [1.807, 2.05) is 13.8 Å². The third kappa shape index (κ3) is 5.12. The van der Waals surface area contributed by atoms with Gasteiger partial charge in [-0.2, -0.15) is 15.0 Å². The van der Waals surface area contributed by atoms with Crippen LogP contribution in [0.3, 0.4) is 0 Å². The average Bonchev–Trinajstić information content (AvgIpc) is 2.31. The summed E-state index contributed by atoms with van der Waals surface area (Å²) in [5.41, 5.74) is 11.8. The van der Waals surface area contributed by atoms with E-state index in [4.69, 9.17) is 11.5 Å². The number of hydrogen-bond acceptors (Lipinski definition) is 7. The Labute approximate surface area is 116 Å². The molecule has 0 aromatic carbocycles. The maximum Gasteiger partial charge on any atom is 0.233 e. The number of likely N-dealkylation sites (N-methyl/N-ethyl adjacent to an activating group) is 1. The van der Waals surface area contributed by atoms with Gasteiger partial charge in [-0.15, -0.1) is 0 Å². The van der Waals surface area contributed by atoms with Gasteiger partial charge in [0.05, 0.1) is 5.75 Å². The number of hydrogen-bond donors (Lipinski definition) is 2. The molecule has 0 saturated heterocycles. The van der Waals surface area contributed by atoms with Gasteiger partial charge in [0.25, 0.3) is 0 Å². The fraction of sp³-hybridized carbons (Fsp3) is 0.455. The summed E-state index contributed by atoms with van der Waals surface area (Å²) in [5, 5.41) is 0.352. The SMILES string of the molecule is C=C(C)CN(CC)C(=O)CSc1nc(N)nc(N)n1. The molecule has 0 bridgehead atoms. The minimum atomic E-state index is -0.00643. The Balaban J connectivity index is 2.59. The molecule has 1 amide bonds. The minimum absolute atomic E-state index is 0.00643. The zero-order chi connectivity index (χ0) is 14.4. The highest BCUT2D eigenvalue weighted by Crippen LogP contribution is 2.15. The Morgan fingerprint density at radius 3 is 2.37 bits per heavy atom. The summed E-state index contributed by atoms with van der Waals surface area (Å²) in [6, 6.07) is 0. The predicted molar refractivity (Wildman–Crippen MR) is 76.4 cm³/mol. The van der Waals surface area contributed by atoms with E-state index >= 15 is 0 Å². The third-order valence-electron chi connectivity index (χ3n) is 2.17. The van der Waals surface area contributed by atoms with Gasteiger partial charge in [0, 0.05) is 13.1 Å². The van der Waals surface area contributed by atoms with Crippen molar-refractivity contribution in [1.82, 2.24) is 19.9 Å². The first-order valence-corrected chi connectivity index (χ1v) is 6.73. The van der Waals surface area contributed by atoms with Crippen molar-refractivity contribution >= 4 is 29.6 Å². The smallest absolute Gasteiger partial charge is 0.233 e.